The molecule has 0 saturated heterocycles. The van der Waals surface area contributed by atoms with E-state index in [4.69, 9.17) is 21.1 Å². The van der Waals surface area contributed by atoms with E-state index < -0.39 is 21.6 Å². The van der Waals surface area contributed by atoms with Crippen LogP contribution in [0.4, 0.5) is 5.69 Å². The Bertz CT molecular complexity index is 1530. The van der Waals surface area contributed by atoms with E-state index in [2.05, 4.69) is 5.32 Å². The van der Waals surface area contributed by atoms with E-state index in [9.17, 15) is 18.0 Å². The van der Waals surface area contributed by atoms with Crippen molar-refractivity contribution in [2.75, 3.05) is 31.3 Å². The zero-order valence-electron chi connectivity index (χ0n) is 26.2. The lowest BCUT2D eigenvalue weighted by Gasteiger charge is -2.34. The lowest BCUT2D eigenvalue weighted by atomic mass is 10.00. The zero-order valence-corrected chi connectivity index (χ0v) is 27.7. The first kappa shape index (κ1) is 34.7. The fraction of sp³-hybridized carbons (Fsp3) is 0.394. The second-order valence-corrected chi connectivity index (χ2v) is 13.9. The molecule has 11 heteroatoms. The number of carbonyl (C=O) groups excluding carboxylic acids is 2. The van der Waals surface area contributed by atoms with Crippen LogP contribution in [0.3, 0.4) is 0 Å². The molecule has 238 valence electrons. The lowest BCUT2D eigenvalue weighted by Crippen LogP contribution is -2.54. The molecule has 0 aliphatic heterocycles. The normalized spacial score (nSPS) is 12.2. The van der Waals surface area contributed by atoms with Gasteiger partial charge in [0.1, 0.15) is 17.5 Å². The van der Waals surface area contributed by atoms with E-state index in [0.717, 1.165) is 17.4 Å². The van der Waals surface area contributed by atoms with Gasteiger partial charge in [-0.3, -0.25) is 13.9 Å². The molecule has 0 aromatic heterocycles. The Morgan fingerprint density at radius 3 is 2.20 bits per heavy atom. The van der Waals surface area contributed by atoms with Crippen molar-refractivity contribution in [3.63, 3.8) is 0 Å². The number of sulfonamides is 1. The van der Waals surface area contributed by atoms with Gasteiger partial charge in [0.25, 0.3) is 0 Å². The number of halogens is 1. The third-order valence-electron chi connectivity index (χ3n) is 6.83. The predicted octanol–water partition coefficient (Wildman–Crippen LogP) is 5.46. The molecule has 0 radical (unpaired) electrons. The van der Waals surface area contributed by atoms with E-state index >= 15 is 0 Å². The summed E-state index contributed by atoms with van der Waals surface area (Å²) in [5.74, 6) is 0.503. The van der Waals surface area contributed by atoms with Crippen molar-refractivity contribution < 1.29 is 27.5 Å². The molecule has 1 atom stereocenters. The predicted molar refractivity (Wildman–Crippen MR) is 175 cm³/mol. The largest absolute Gasteiger partial charge is 0.497 e. The van der Waals surface area contributed by atoms with Crippen LogP contribution in [0.15, 0.2) is 72.8 Å². The fourth-order valence-corrected chi connectivity index (χ4v) is 6.00. The van der Waals surface area contributed by atoms with Crippen molar-refractivity contribution >= 4 is 39.1 Å². The highest BCUT2D eigenvalue weighted by molar-refractivity contribution is 7.92. The van der Waals surface area contributed by atoms with Gasteiger partial charge in [-0.2, -0.15) is 0 Å². The van der Waals surface area contributed by atoms with Crippen molar-refractivity contribution in [3.8, 4) is 11.5 Å². The molecule has 0 fully saturated rings. The Kier molecular flexibility index (Phi) is 12.1. The Balaban J connectivity index is 1.92. The van der Waals surface area contributed by atoms with Gasteiger partial charge in [-0.25, -0.2) is 8.42 Å². The van der Waals surface area contributed by atoms with E-state index in [1.54, 1.807) is 24.1 Å². The average Bonchev–Trinajstić information content (AvgIpc) is 2.96. The minimum Gasteiger partial charge on any atom is -0.497 e. The lowest BCUT2D eigenvalue weighted by molar-refractivity contribution is -0.142. The molecule has 3 aromatic rings. The summed E-state index contributed by atoms with van der Waals surface area (Å²) in [6.07, 6.45) is 1.63. The first-order valence-electron chi connectivity index (χ1n) is 14.3. The topological polar surface area (TPSA) is 105 Å². The SMILES string of the molecule is COc1cccc(CN(C(=O)CCCN(c2ccc(OC)c(Cl)c2)S(C)(=O)=O)[C@@H](Cc2ccccc2)C(=O)NC(C)(C)C)c1. The molecule has 0 heterocycles. The number of methoxy groups -OCH3 is 2. The van der Waals surface area contributed by atoms with Gasteiger partial charge in [0.05, 0.1) is 31.2 Å². The standard InChI is InChI=1S/C33H42ClN3O6S/c1-33(2,3)35-32(39)29(21-24-12-8-7-9-13-24)36(23-25-14-10-15-27(20-25)42-4)31(38)16-11-19-37(44(6,40)41)26-17-18-30(43-5)28(34)22-26/h7-10,12-15,17-18,20,22,29H,11,16,19,21,23H2,1-6H3,(H,35,39)/t29-/m0/s1. The van der Waals surface area contributed by atoms with Crippen LogP contribution in [0.25, 0.3) is 0 Å². The molecular formula is C33H42ClN3O6S. The van der Waals surface area contributed by atoms with Crippen LogP contribution in [-0.4, -0.2) is 63.7 Å². The van der Waals surface area contributed by atoms with Gasteiger partial charge in [-0.1, -0.05) is 54.1 Å². The number of amides is 2. The fourth-order valence-electron chi connectivity index (χ4n) is 4.79. The average molecular weight is 644 g/mol. The molecule has 44 heavy (non-hydrogen) atoms. The van der Waals surface area contributed by atoms with Crippen molar-refractivity contribution in [1.29, 1.82) is 0 Å². The summed E-state index contributed by atoms with van der Waals surface area (Å²) in [5.41, 5.74) is 1.55. The minimum atomic E-state index is -3.69. The van der Waals surface area contributed by atoms with E-state index in [0.29, 0.717) is 23.6 Å². The van der Waals surface area contributed by atoms with Crippen LogP contribution < -0.4 is 19.1 Å². The van der Waals surface area contributed by atoms with Crippen LogP contribution in [0.1, 0.15) is 44.7 Å². The molecule has 3 rings (SSSR count). The van der Waals surface area contributed by atoms with Gasteiger partial charge < -0.3 is 19.7 Å². The molecule has 0 aliphatic rings. The number of nitrogens with zero attached hydrogens (tertiary/aromatic N) is 2. The smallest absolute Gasteiger partial charge is 0.243 e. The first-order chi connectivity index (χ1) is 20.7. The molecule has 0 unspecified atom stereocenters. The van der Waals surface area contributed by atoms with Gasteiger partial charge in [0, 0.05) is 31.5 Å². The minimum absolute atomic E-state index is 0.00790. The number of carbonyl (C=O) groups is 2. The number of hydrogen-bond donors (Lipinski definition) is 1. The highest BCUT2D eigenvalue weighted by atomic mass is 35.5. The van der Waals surface area contributed by atoms with Crippen molar-refractivity contribution in [3.05, 3.63) is 88.9 Å². The maximum Gasteiger partial charge on any atom is 0.243 e. The van der Waals surface area contributed by atoms with Crippen molar-refractivity contribution in [2.45, 2.75) is 58.2 Å². The van der Waals surface area contributed by atoms with E-state index in [-0.39, 0.29) is 42.8 Å². The number of nitrogens with one attached hydrogen (secondary N) is 1. The summed E-state index contributed by atoms with van der Waals surface area (Å²) < 4.78 is 37.3. The summed E-state index contributed by atoms with van der Waals surface area (Å²) in [6.45, 7) is 5.88. The first-order valence-corrected chi connectivity index (χ1v) is 16.5. The van der Waals surface area contributed by atoms with Crippen LogP contribution >= 0.6 is 11.6 Å². The number of hydrogen-bond acceptors (Lipinski definition) is 6. The highest BCUT2D eigenvalue weighted by Gasteiger charge is 2.32. The number of benzene rings is 3. The molecule has 0 spiro atoms. The van der Waals surface area contributed by atoms with Gasteiger partial charge in [-0.15, -0.1) is 0 Å². The summed E-state index contributed by atoms with van der Waals surface area (Å²) in [7, 11) is -0.641. The van der Waals surface area contributed by atoms with Crippen LogP contribution in [-0.2, 0) is 32.6 Å². The molecule has 3 aromatic carbocycles. The second kappa shape index (κ2) is 15.3. The highest BCUT2D eigenvalue weighted by Crippen LogP contribution is 2.30. The summed E-state index contributed by atoms with van der Waals surface area (Å²) >= 11 is 6.27. The van der Waals surface area contributed by atoms with Crippen molar-refractivity contribution in [1.82, 2.24) is 10.2 Å². The summed E-state index contributed by atoms with van der Waals surface area (Å²) in [6, 6.07) is 20.8. The Morgan fingerprint density at radius 2 is 1.61 bits per heavy atom. The Hall–Kier alpha value is -3.76. The zero-order chi connectivity index (χ0) is 32.5. The maximum absolute atomic E-state index is 14.0. The summed E-state index contributed by atoms with van der Waals surface area (Å²) in [4.78, 5) is 29.4. The van der Waals surface area contributed by atoms with Crippen LogP contribution in [0.5, 0.6) is 11.5 Å². The Morgan fingerprint density at radius 1 is 0.932 bits per heavy atom. The molecular weight excluding hydrogens is 602 g/mol. The molecule has 2 amide bonds. The molecule has 1 N–H and O–H groups in total. The molecule has 0 saturated carbocycles. The van der Waals surface area contributed by atoms with Gasteiger partial charge in [-0.05, 0) is 68.7 Å². The van der Waals surface area contributed by atoms with Crippen molar-refractivity contribution in [2.24, 2.45) is 0 Å². The third-order valence-corrected chi connectivity index (χ3v) is 8.32. The quantitative estimate of drug-likeness (QED) is 0.250. The third kappa shape index (κ3) is 10.2. The maximum atomic E-state index is 14.0. The van der Waals surface area contributed by atoms with Crippen LogP contribution in [0, 0.1) is 0 Å². The van der Waals surface area contributed by atoms with Crippen LogP contribution in [0.2, 0.25) is 5.02 Å². The number of anilines is 1. The van der Waals surface area contributed by atoms with Gasteiger partial charge in [0.2, 0.25) is 21.8 Å². The van der Waals surface area contributed by atoms with Gasteiger partial charge >= 0.3 is 0 Å². The summed E-state index contributed by atoms with van der Waals surface area (Å²) in [5, 5.41) is 3.32. The monoisotopic (exact) mass is 643 g/mol. The number of rotatable bonds is 14. The van der Waals surface area contributed by atoms with E-state index in [1.807, 2.05) is 75.4 Å². The molecule has 0 bridgehead atoms. The molecule has 0 aliphatic carbocycles. The molecule has 9 nitrogen and oxygen atoms in total. The Labute approximate surface area is 266 Å². The number of ether oxygens (including phenoxy) is 2. The van der Waals surface area contributed by atoms with E-state index in [1.165, 1.54) is 17.5 Å². The van der Waals surface area contributed by atoms with Gasteiger partial charge in [0.15, 0.2) is 0 Å². The second-order valence-electron chi connectivity index (χ2n) is 11.6.